The largest absolute Gasteiger partial charge is 0.355 e. The molecule has 0 saturated carbocycles. The highest BCUT2D eigenvalue weighted by molar-refractivity contribution is 5.77. The monoisotopic (exact) mass is 199 g/mol. The molecular formula is C10H21N3O. The number of piperazine rings is 1. The first-order valence-electron chi connectivity index (χ1n) is 5.37. The van der Waals surface area contributed by atoms with Gasteiger partial charge in [-0.2, -0.15) is 0 Å². The van der Waals surface area contributed by atoms with Gasteiger partial charge in [-0.3, -0.25) is 9.69 Å². The maximum Gasteiger partial charge on any atom is 0.234 e. The third-order valence-electron chi connectivity index (χ3n) is 2.37. The van der Waals surface area contributed by atoms with Crippen molar-refractivity contribution in [3.63, 3.8) is 0 Å². The molecule has 2 atom stereocenters. The van der Waals surface area contributed by atoms with Crippen LogP contribution in [0.25, 0.3) is 0 Å². The van der Waals surface area contributed by atoms with Crippen LogP contribution in [0.15, 0.2) is 0 Å². The first kappa shape index (κ1) is 11.5. The fourth-order valence-corrected chi connectivity index (χ4v) is 2.03. The van der Waals surface area contributed by atoms with Gasteiger partial charge in [0.05, 0.1) is 6.54 Å². The normalized spacial score (nSPS) is 28.8. The van der Waals surface area contributed by atoms with E-state index in [1.165, 1.54) is 0 Å². The van der Waals surface area contributed by atoms with Crippen LogP contribution >= 0.6 is 0 Å². The zero-order chi connectivity index (χ0) is 10.6. The van der Waals surface area contributed by atoms with E-state index in [9.17, 15) is 4.79 Å². The summed E-state index contributed by atoms with van der Waals surface area (Å²) in [5.41, 5.74) is 0. The van der Waals surface area contributed by atoms with Crippen molar-refractivity contribution in [2.24, 2.45) is 0 Å². The van der Waals surface area contributed by atoms with Crippen molar-refractivity contribution in [3.05, 3.63) is 0 Å². The molecule has 4 nitrogen and oxygen atoms in total. The van der Waals surface area contributed by atoms with Gasteiger partial charge in [0.25, 0.3) is 0 Å². The topological polar surface area (TPSA) is 44.4 Å². The highest BCUT2D eigenvalue weighted by Gasteiger charge is 2.21. The van der Waals surface area contributed by atoms with Crippen LogP contribution in [0.4, 0.5) is 0 Å². The molecule has 82 valence electrons. The molecule has 0 radical (unpaired) electrons. The molecule has 14 heavy (non-hydrogen) atoms. The molecule has 1 aliphatic rings. The van der Waals surface area contributed by atoms with Gasteiger partial charge in [0, 0.05) is 31.7 Å². The molecule has 0 bridgehead atoms. The maximum absolute atomic E-state index is 11.4. The van der Waals surface area contributed by atoms with Crippen molar-refractivity contribution >= 4 is 5.91 Å². The maximum atomic E-state index is 11.4. The Morgan fingerprint density at radius 3 is 2.50 bits per heavy atom. The van der Waals surface area contributed by atoms with Crippen LogP contribution in [0.1, 0.15) is 20.8 Å². The van der Waals surface area contributed by atoms with Crippen LogP contribution in [0.5, 0.6) is 0 Å². The van der Waals surface area contributed by atoms with Gasteiger partial charge in [0.15, 0.2) is 0 Å². The summed E-state index contributed by atoms with van der Waals surface area (Å²) < 4.78 is 0. The summed E-state index contributed by atoms with van der Waals surface area (Å²) in [6.45, 7) is 9.42. The van der Waals surface area contributed by atoms with E-state index < -0.39 is 0 Å². The van der Waals surface area contributed by atoms with E-state index in [1.807, 2.05) is 6.92 Å². The number of carbonyl (C=O) groups is 1. The van der Waals surface area contributed by atoms with E-state index >= 15 is 0 Å². The first-order chi connectivity index (χ1) is 6.61. The van der Waals surface area contributed by atoms with E-state index in [-0.39, 0.29) is 5.91 Å². The molecule has 0 aromatic rings. The molecule has 0 aromatic carbocycles. The van der Waals surface area contributed by atoms with Crippen molar-refractivity contribution in [2.45, 2.75) is 32.9 Å². The highest BCUT2D eigenvalue weighted by Crippen LogP contribution is 2.02. The summed E-state index contributed by atoms with van der Waals surface area (Å²) in [6.07, 6.45) is 0. The highest BCUT2D eigenvalue weighted by atomic mass is 16.2. The number of nitrogens with one attached hydrogen (secondary N) is 2. The summed E-state index contributed by atoms with van der Waals surface area (Å²) in [6, 6.07) is 0.960. The molecule has 1 aliphatic heterocycles. The molecule has 1 fully saturated rings. The van der Waals surface area contributed by atoms with E-state index in [2.05, 4.69) is 29.4 Å². The minimum Gasteiger partial charge on any atom is -0.355 e. The Morgan fingerprint density at radius 1 is 1.43 bits per heavy atom. The van der Waals surface area contributed by atoms with Gasteiger partial charge in [-0.05, 0) is 20.8 Å². The van der Waals surface area contributed by atoms with E-state index in [4.69, 9.17) is 0 Å². The Bertz CT molecular complexity index is 186. The third kappa shape index (κ3) is 3.64. The zero-order valence-electron chi connectivity index (χ0n) is 9.34. The van der Waals surface area contributed by atoms with E-state index in [1.54, 1.807) is 0 Å². The molecular weight excluding hydrogens is 178 g/mol. The van der Waals surface area contributed by atoms with E-state index in [0.717, 1.165) is 19.6 Å². The van der Waals surface area contributed by atoms with Crippen molar-refractivity contribution < 1.29 is 4.79 Å². The summed E-state index contributed by atoms with van der Waals surface area (Å²) >= 11 is 0. The SMILES string of the molecule is CCNC(=O)CN1C[C@@H](C)N[C@@H](C)C1. The summed E-state index contributed by atoms with van der Waals surface area (Å²) in [5, 5.41) is 6.26. The van der Waals surface area contributed by atoms with Crippen LogP contribution in [-0.4, -0.2) is 49.1 Å². The van der Waals surface area contributed by atoms with E-state index in [0.29, 0.717) is 18.6 Å². The van der Waals surface area contributed by atoms with Crippen LogP contribution < -0.4 is 10.6 Å². The van der Waals surface area contributed by atoms with Crippen LogP contribution in [-0.2, 0) is 4.79 Å². The number of hydrogen-bond acceptors (Lipinski definition) is 3. The van der Waals surface area contributed by atoms with Crippen molar-refractivity contribution in [2.75, 3.05) is 26.2 Å². The number of carbonyl (C=O) groups excluding carboxylic acids is 1. The predicted octanol–water partition coefficient (Wildman–Crippen LogP) is -0.195. The number of amides is 1. The lowest BCUT2D eigenvalue weighted by molar-refractivity contribution is -0.122. The second-order valence-electron chi connectivity index (χ2n) is 4.12. The standard InChI is InChI=1S/C10H21N3O/c1-4-11-10(14)7-13-5-8(2)12-9(3)6-13/h8-9,12H,4-7H2,1-3H3,(H,11,14)/t8-,9+. The molecule has 2 N–H and O–H groups in total. The molecule has 0 unspecified atom stereocenters. The van der Waals surface area contributed by atoms with Crippen LogP contribution in [0.3, 0.4) is 0 Å². The van der Waals surface area contributed by atoms with Crippen LogP contribution in [0, 0.1) is 0 Å². The Kier molecular flexibility index (Phi) is 4.35. The van der Waals surface area contributed by atoms with Gasteiger partial charge in [-0.15, -0.1) is 0 Å². The second-order valence-corrected chi connectivity index (χ2v) is 4.12. The average molecular weight is 199 g/mol. The van der Waals surface area contributed by atoms with Gasteiger partial charge < -0.3 is 10.6 Å². The summed E-state index contributed by atoms with van der Waals surface area (Å²) in [5.74, 6) is 0.133. The number of nitrogens with zero attached hydrogens (tertiary/aromatic N) is 1. The predicted molar refractivity (Wildman–Crippen MR) is 57.2 cm³/mol. The van der Waals surface area contributed by atoms with Gasteiger partial charge in [-0.25, -0.2) is 0 Å². The molecule has 1 saturated heterocycles. The lowest BCUT2D eigenvalue weighted by Gasteiger charge is -2.35. The Morgan fingerprint density at radius 2 is 2.00 bits per heavy atom. The van der Waals surface area contributed by atoms with Crippen molar-refractivity contribution in [1.29, 1.82) is 0 Å². The van der Waals surface area contributed by atoms with Gasteiger partial charge in [0.1, 0.15) is 0 Å². The van der Waals surface area contributed by atoms with Crippen molar-refractivity contribution in [1.82, 2.24) is 15.5 Å². The fraction of sp³-hybridized carbons (Fsp3) is 0.900. The smallest absolute Gasteiger partial charge is 0.234 e. The quantitative estimate of drug-likeness (QED) is 0.662. The molecule has 1 amide bonds. The summed E-state index contributed by atoms with van der Waals surface area (Å²) in [7, 11) is 0. The molecule has 4 heteroatoms. The number of likely N-dealkylation sites (N-methyl/N-ethyl adjacent to an activating group) is 1. The lowest BCUT2D eigenvalue weighted by atomic mass is 10.1. The number of hydrogen-bond donors (Lipinski definition) is 2. The third-order valence-corrected chi connectivity index (χ3v) is 2.37. The minimum absolute atomic E-state index is 0.133. The minimum atomic E-state index is 0.133. The Balaban J connectivity index is 2.33. The first-order valence-corrected chi connectivity index (χ1v) is 5.37. The van der Waals surface area contributed by atoms with Crippen molar-refractivity contribution in [3.8, 4) is 0 Å². The van der Waals surface area contributed by atoms with Crippen LogP contribution in [0.2, 0.25) is 0 Å². The van der Waals surface area contributed by atoms with Gasteiger partial charge in [-0.1, -0.05) is 0 Å². The Labute approximate surface area is 86.0 Å². The number of rotatable bonds is 3. The molecule has 1 rings (SSSR count). The lowest BCUT2D eigenvalue weighted by Crippen LogP contribution is -2.56. The molecule has 0 spiro atoms. The second kappa shape index (κ2) is 5.32. The van der Waals surface area contributed by atoms with Gasteiger partial charge in [0.2, 0.25) is 5.91 Å². The fourth-order valence-electron chi connectivity index (χ4n) is 2.03. The molecule has 1 heterocycles. The average Bonchev–Trinajstić information content (AvgIpc) is 2.01. The van der Waals surface area contributed by atoms with Gasteiger partial charge >= 0.3 is 0 Å². The Hall–Kier alpha value is -0.610. The zero-order valence-corrected chi connectivity index (χ0v) is 9.34. The molecule has 0 aliphatic carbocycles. The molecule has 0 aromatic heterocycles. The summed E-state index contributed by atoms with van der Waals surface area (Å²) in [4.78, 5) is 13.6.